The van der Waals surface area contributed by atoms with Gasteiger partial charge in [0.25, 0.3) is 0 Å². The van der Waals surface area contributed by atoms with Gasteiger partial charge in [-0.05, 0) is 6.42 Å². The maximum Gasteiger partial charge on any atom is 0.243 e. The lowest BCUT2D eigenvalue weighted by atomic mass is 10.0. The van der Waals surface area contributed by atoms with Gasteiger partial charge in [-0.3, -0.25) is 25.6 Å². The van der Waals surface area contributed by atoms with Crippen molar-refractivity contribution in [2.45, 2.75) is 38.7 Å². The molecule has 2 atom stereocenters. The van der Waals surface area contributed by atoms with Crippen LogP contribution in [0.5, 0.6) is 0 Å². The number of aromatic nitrogens is 2. The summed E-state index contributed by atoms with van der Waals surface area (Å²) in [7, 11) is 0. The first-order valence-electron chi connectivity index (χ1n) is 9.26. The van der Waals surface area contributed by atoms with Gasteiger partial charge in [-0.15, -0.1) is 0 Å². The molecular formula is C17H28N6O4. The Hall–Kier alpha value is -2.30. The van der Waals surface area contributed by atoms with E-state index in [4.69, 9.17) is 4.74 Å². The third kappa shape index (κ3) is 7.08. The lowest BCUT2D eigenvalue weighted by Gasteiger charge is -2.23. The molecule has 0 aromatic carbocycles. The van der Waals surface area contributed by atoms with Gasteiger partial charge in [-0.25, -0.2) is 15.0 Å². The van der Waals surface area contributed by atoms with E-state index in [1.54, 1.807) is 12.3 Å². The fourth-order valence-corrected chi connectivity index (χ4v) is 2.77. The van der Waals surface area contributed by atoms with Crippen LogP contribution in [0.1, 0.15) is 44.5 Å². The van der Waals surface area contributed by atoms with Gasteiger partial charge in [-0.1, -0.05) is 26.2 Å². The molecule has 1 aliphatic heterocycles. The Balaban J connectivity index is 1.91. The highest BCUT2D eigenvalue weighted by Crippen LogP contribution is 2.16. The standard InChI is InChI=1S/C17H28N6O4/c1-2-3-4-5-13(11-23(26)12-24)17(25)22-21-15-6-7-19-16(20-15)14-10-18-8-9-27-14/h6-7,12-14,18,26H,2-5,8-11H2,1H3,(H,22,25)(H,19,20,21). The molecule has 1 saturated heterocycles. The average molecular weight is 380 g/mol. The largest absolute Gasteiger partial charge is 0.368 e. The van der Waals surface area contributed by atoms with Crippen molar-refractivity contribution in [3.05, 3.63) is 18.1 Å². The molecule has 10 heteroatoms. The van der Waals surface area contributed by atoms with E-state index in [1.807, 2.05) is 0 Å². The van der Waals surface area contributed by atoms with E-state index in [-0.39, 0.29) is 18.6 Å². The van der Waals surface area contributed by atoms with Crippen LogP contribution in [-0.4, -0.2) is 58.8 Å². The smallest absolute Gasteiger partial charge is 0.243 e. The summed E-state index contributed by atoms with van der Waals surface area (Å²) < 4.78 is 5.62. The monoisotopic (exact) mass is 380 g/mol. The number of anilines is 1. The van der Waals surface area contributed by atoms with Crippen molar-refractivity contribution in [2.75, 3.05) is 31.7 Å². The van der Waals surface area contributed by atoms with Gasteiger partial charge in [0.1, 0.15) is 11.9 Å². The van der Waals surface area contributed by atoms with Gasteiger partial charge in [-0.2, -0.15) is 0 Å². The number of hydrazine groups is 1. The number of morpholine rings is 1. The Kier molecular flexibility index (Phi) is 8.89. The summed E-state index contributed by atoms with van der Waals surface area (Å²) in [5.74, 6) is 0.128. The predicted octanol–water partition coefficient (Wildman–Crippen LogP) is 0.625. The van der Waals surface area contributed by atoms with Crippen molar-refractivity contribution in [2.24, 2.45) is 5.92 Å². The number of hydrogen-bond donors (Lipinski definition) is 4. The van der Waals surface area contributed by atoms with E-state index in [9.17, 15) is 14.8 Å². The minimum atomic E-state index is -0.522. The fraction of sp³-hybridized carbons (Fsp3) is 0.647. The summed E-state index contributed by atoms with van der Waals surface area (Å²) in [6, 6.07) is 1.63. The minimum absolute atomic E-state index is 0.0582. The van der Waals surface area contributed by atoms with Gasteiger partial charge in [0.2, 0.25) is 12.3 Å². The van der Waals surface area contributed by atoms with Crippen LogP contribution in [0.15, 0.2) is 12.3 Å². The molecule has 2 unspecified atom stereocenters. The summed E-state index contributed by atoms with van der Waals surface area (Å²) in [6.45, 7) is 4.03. The highest BCUT2D eigenvalue weighted by molar-refractivity contribution is 5.80. The van der Waals surface area contributed by atoms with Crippen LogP contribution in [0.2, 0.25) is 0 Å². The summed E-state index contributed by atoms with van der Waals surface area (Å²) in [5, 5.41) is 13.1. The Morgan fingerprint density at radius 3 is 3.11 bits per heavy atom. The van der Waals surface area contributed by atoms with Crippen LogP contribution in [-0.2, 0) is 14.3 Å². The van der Waals surface area contributed by atoms with E-state index in [1.165, 1.54) is 0 Å². The van der Waals surface area contributed by atoms with E-state index in [2.05, 4.69) is 33.1 Å². The number of amides is 2. The number of carbonyl (C=O) groups is 2. The zero-order valence-corrected chi connectivity index (χ0v) is 15.6. The first-order valence-corrected chi connectivity index (χ1v) is 9.26. The van der Waals surface area contributed by atoms with E-state index in [0.29, 0.717) is 42.7 Å². The van der Waals surface area contributed by atoms with Crippen molar-refractivity contribution in [3.8, 4) is 0 Å². The van der Waals surface area contributed by atoms with Crippen molar-refractivity contribution < 1.29 is 19.5 Å². The molecule has 2 rings (SSSR count). The Bertz CT molecular complexity index is 597. The van der Waals surface area contributed by atoms with Crippen LogP contribution in [0.3, 0.4) is 0 Å². The molecular weight excluding hydrogens is 352 g/mol. The van der Waals surface area contributed by atoms with Crippen molar-refractivity contribution >= 4 is 18.1 Å². The molecule has 27 heavy (non-hydrogen) atoms. The number of rotatable bonds is 11. The number of unbranched alkanes of at least 4 members (excludes halogenated alkanes) is 2. The number of carbonyl (C=O) groups excluding carboxylic acids is 2. The van der Waals surface area contributed by atoms with Crippen molar-refractivity contribution in [1.82, 2.24) is 25.8 Å². The number of nitrogens with one attached hydrogen (secondary N) is 3. The Labute approximate surface area is 158 Å². The van der Waals surface area contributed by atoms with Crippen LogP contribution in [0, 0.1) is 5.92 Å². The lowest BCUT2D eigenvalue weighted by Crippen LogP contribution is -2.40. The molecule has 1 aliphatic rings. The fourth-order valence-electron chi connectivity index (χ4n) is 2.77. The SMILES string of the molecule is CCCCCC(CN(O)C=O)C(=O)NNc1ccnc(C2CNCCO2)n1. The Morgan fingerprint density at radius 1 is 1.56 bits per heavy atom. The van der Waals surface area contributed by atoms with Crippen LogP contribution in [0.25, 0.3) is 0 Å². The number of hydrogen-bond acceptors (Lipinski definition) is 8. The molecule has 150 valence electrons. The van der Waals surface area contributed by atoms with E-state index < -0.39 is 5.92 Å². The number of nitrogens with zero attached hydrogens (tertiary/aromatic N) is 3. The number of ether oxygens (including phenoxy) is 1. The summed E-state index contributed by atoms with van der Waals surface area (Å²) >= 11 is 0. The highest BCUT2D eigenvalue weighted by Gasteiger charge is 2.21. The topological polar surface area (TPSA) is 129 Å². The molecule has 1 aromatic heterocycles. The number of hydroxylamine groups is 2. The molecule has 1 fully saturated rings. The predicted molar refractivity (Wildman–Crippen MR) is 97.5 cm³/mol. The van der Waals surface area contributed by atoms with Gasteiger partial charge in [0.15, 0.2) is 5.82 Å². The molecule has 2 heterocycles. The van der Waals surface area contributed by atoms with E-state index >= 15 is 0 Å². The quantitative estimate of drug-likeness (QED) is 0.190. The van der Waals surface area contributed by atoms with E-state index in [0.717, 1.165) is 25.8 Å². The summed E-state index contributed by atoms with van der Waals surface area (Å²) in [6.07, 6.45) is 5.07. The zero-order chi connectivity index (χ0) is 19.5. The molecule has 4 N–H and O–H groups in total. The normalized spacial score (nSPS) is 17.8. The maximum atomic E-state index is 12.4. The zero-order valence-electron chi connectivity index (χ0n) is 15.6. The second-order valence-electron chi connectivity index (χ2n) is 6.40. The van der Waals surface area contributed by atoms with Crippen molar-refractivity contribution in [3.63, 3.8) is 0 Å². The maximum absolute atomic E-state index is 12.4. The van der Waals surface area contributed by atoms with Gasteiger partial charge in [0.05, 0.1) is 19.1 Å². The van der Waals surface area contributed by atoms with Gasteiger partial charge in [0, 0.05) is 25.4 Å². The van der Waals surface area contributed by atoms with Crippen LogP contribution in [0.4, 0.5) is 5.82 Å². The van der Waals surface area contributed by atoms with Crippen molar-refractivity contribution in [1.29, 1.82) is 0 Å². The van der Waals surface area contributed by atoms with Crippen LogP contribution >= 0.6 is 0 Å². The van der Waals surface area contributed by atoms with Gasteiger partial charge < -0.3 is 10.1 Å². The molecule has 1 aromatic rings. The average Bonchev–Trinajstić information content (AvgIpc) is 2.72. The second kappa shape index (κ2) is 11.4. The molecule has 0 radical (unpaired) electrons. The summed E-state index contributed by atoms with van der Waals surface area (Å²) in [4.78, 5) is 31.7. The molecule has 10 nitrogen and oxygen atoms in total. The molecule has 2 amide bonds. The third-order valence-electron chi connectivity index (χ3n) is 4.26. The molecule has 0 aliphatic carbocycles. The third-order valence-corrected chi connectivity index (χ3v) is 4.26. The first kappa shape index (κ1) is 21.0. The molecule has 0 spiro atoms. The summed E-state index contributed by atoms with van der Waals surface area (Å²) in [5.41, 5.74) is 5.37. The second-order valence-corrected chi connectivity index (χ2v) is 6.40. The Morgan fingerprint density at radius 2 is 2.41 bits per heavy atom. The lowest BCUT2D eigenvalue weighted by molar-refractivity contribution is -0.154. The van der Waals surface area contributed by atoms with Gasteiger partial charge >= 0.3 is 0 Å². The highest BCUT2D eigenvalue weighted by atomic mass is 16.5. The molecule has 0 bridgehead atoms. The molecule has 0 saturated carbocycles. The first-order chi connectivity index (χ1) is 13.1. The van der Waals surface area contributed by atoms with Crippen LogP contribution < -0.4 is 16.2 Å². The minimum Gasteiger partial charge on any atom is -0.368 e.